The zero-order chi connectivity index (χ0) is 13.2. The molecule has 1 aromatic carbocycles. The first-order chi connectivity index (χ1) is 8.46. The second-order valence-corrected chi connectivity index (χ2v) is 6.43. The van der Waals surface area contributed by atoms with Crippen molar-refractivity contribution in [2.75, 3.05) is 12.3 Å². The Labute approximate surface area is 112 Å². The van der Waals surface area contributed by atoms with Crippen molar-refractivity contribution in [3.63, 3.8) is 0 Å². The SMILES string of the molecule is CC(C)(C)OC(=O)CNC1CSc2ccccc21. The van der Waals surface area contributed by atoms with Gasteiger partial charge in [-0.25, -0.2) is 0 Å². The summed E-state index contributed by atoms with van der Waals surface area (Å²) in [5.74, 6) is 0.777. The third kappa shape index (κ3) is 3.50. The smallest absolute Gasteiger partial charge is 0.320 e. The summed E-state index contributed by atoms with van der Waals surface area (Å²) in [6.45, 7) is 5.90. The van der Waals surface area contributed by atoms with Gasteiger partial charge in [0, 0.05) is 16.7 Å². The maximum Gasteiger partial charge on any atom is 0.320 e. The molecule has 1 N–H and O–H groups in total. The number of rotatable bonds is 3. The summed E-state index contributed by atoms with van der Waals surface area (Å²) in [5, 5.41) is 3.26. The Morgan fingerprint density at radius 2 is 2.17 bits per heavy atom. The normalized spacial score (nSPS) is 18.5. The molecule has 1 aliphatic rings. The first-order valence-corrected chi connectivity index (χ1v) is 7.11. The Morgan fingerprint density at radius 3 is 2.89 bits per heavy atom. The molecule has 1 atom stereocenters. The number of esters is 1. The molecule has 0 saturated heterocycles. The fourth-order valence-electron chi connectivity index (χ4n) is 1.92. The van der Waals surface area contributed by atoms with E-state index in [-0.39, 0.29) is 18.6 Å². The van der Waals surface area contributed by atoms with Crippen LogP contribution in [0.2, 0.25) is 0 Å². The van der Waals surface area contributed by atoms with Crippen molar-refractivity contribution in [1.29, 1.82) is 0 Å². The summed E-state index contributed by atoms with van der Waals surface area (Å²) < 4.78 is 5.28. The molecular formula is C14H19NO2S. The minimum Gasteiger partial charge on any atom is -0.459 e. The van der Waals surface area contributed by atoms with Crippen LogP contribution in [0.15, 0.2) is 29.2 Å². The van der Waals surface area contributed by atoms with E-state index in [1.165, 1.54) is 10.5 Å². The minimum absolute atomic E-state index is 0.197. The molecule has 2 rings (SSSR count). The lowest BCUT2D eigenvalue weighted by molar-refractivity contribution is -0.153. The van der Waals surface area contributed by atoms with Gasteiger partial charge < -0.3 is 4.74 Å². The van der Waals surface area contributed by atoms with E-state index < -0.39 is 5.60 Å². The molecule has 98 valence electrons. The maximum atomic E-state index is 11.6. The lowest BCUT2D eigenvalue weighted by atomic mass is 10.1. The van der Waals surface area contributed by atoms with Gasteiger partial charge in [0.25, 0.3) is 0 Å². The topological polar surface area (TPSA) is 38.3 Å². The Bertz CT molecular complexity index is 440. The van der Waals surface area contributed by atoms with Gasteiger partial charge in [-0.3, -0.25) is 10.1 Å². The highest BCUT2D eigenvalue weighted by Gasteiger charge is 2.23. The molecule has 0 spiro atoms. The van der Waals surface area contributed by atoms with Gasteiger partial charge in [0.05, 0.1) is 6.54 Å². The van der Waals surface area contributed by atoms with Crippen molar-refractivity contribution in [1.82, 2.24) is 5.32 Å². The maximum absolute atomic E-state index is 11.6. The van der Waals surface area contributed by atoms with Gasteiger partial charge in [-0.05, 0) is 32.4 Å². The van der Waals surface area contributed by atoms with Crippen LogP contribution in [0.3, 0.4) is 0 Å². The van der Waals surface area contributed by atoms with Gasteiger partial charge in [-0.2, -0.15) is 0 Å². The summed E-state index contributed by atoms with van der Waals surface area (Å²) in [4.78, 5) is 12.9. The Kier molecular flexibility index (Phi) is 3.97. The number of hydrogen-bond acceptors (Lipinski definition) is 4. The highest BCUT2D eigenvalue weighted by Crippen LogP contribution is 2.37. The second-order valence-electron chi connectivity index (χ2n) is 5.37. The van der Waals surface area contributed by atoms with Gasteiger partial charge in [0.15, 0.2) is 0 Å². The Hall–Kier alpha value is -1.00. The van der Waals surface area contributed by atoms with Gasteiger partial charge in [-0.15, -0.1) is 11.8 Å². The van der Waals surface area contributed by atoms with Gasteiger partial charge in [-0.1, -0.05) is 18.2 Å². The van der Waals surface area contributed by atoms with Crippen molar-refractivity contribution in [3.05, 3.63) is 29.8 Å². The largest absolute Gasteiger partial charge is 0.459 e. The number of fused-ring (bicyclic) bond motifs is 1. The number of thioether (sulfide) groups is 1. The number of ether oxygens (including phenoxy) is 1. The average Bonchev–Trinajstić information content (AvgIpc) is 2.67. The first-order valence-electron chi connectivity index (χ1n) is 6.13. The van der Waals surface area contributed by atoms with E-state index in [4.69, 9.17) is 4.74 Å². The van der Waals surface area contributed by atoms with Crippen LogP contribution >= 0.6 is 11.8 Å². The molecule has 0 aromatic heterocycles. The van der Waals surface area contributed by atoms with E-state index >= 15 is 0 Å². The molecule has 3 nitrogen and oxygen atoms in total. The Morgan fingerprint density at radius 1 is 1.44 bits per heavy atom. The van der Waals surface area contributed by atoms with Crippen LogP contribution in [-0.2, 0) is 9.53 Å². The predicted octanol–water partition coefficient (Wildman–Crippen LogP) is 2.76. The quantitative estimate of drug-likeness (QED) is 0.853. The molecule has 0 saturated carbocycles. The van der Waals surface area contributed by atoms with Crippen LogP contribution in [0, 0.1) is 0 Å². The molecule has 18 heavy (non-hydrogen) atoms. The standard InChI is InChI=1S/C14H19NO2S/c1-14(2,3)17-13(16)8-15-11-9-18-12-7-5-4-6-10(11)12/h4-7,11,15H,8-9H2,1-3H3. The molecule has 1 unspecified atom stereocenters. The molecule has 0 radical (unpaired) electrons. The average molecular weight is 265 g/mol. The summed E-state index contributed by atoms with van der Waals surface area (Å²) in [6, 6.07) is 8.56. The van der Waals surface area contributed by atoms with Crippen LogP contribution < -0.4 is 5.32 Å². The van der Waals surface area contributed by atoms with Crippen molar-refractivity contribution in [2.24, 2.45) is 0 Å². The molecule has 1 aliphatic heterocycles. The summed E-state index contributed by atoms with van der Waals surface area (Å²) in [5.41, 5.74) is 0.868. The number of nitrogens with one attached hydrogen (secondary N) is 1. The van der Waals surface area contributed by atoms with E-state index in [1.807, 2.05) is 44.7 Å². The molecule has 4 heteroatoms. The van der Waals surface area contributed by atoms with Crippen molar-refractivity contribution in [2.45, 2.75) is 37.3 Å². The lowest BCUT2D eigenvalue weighted by Crippen LogP contribution is -2.33. The van der Waals surface area contributed by atoms with Gasteiger partial charge in [0.2, 0.25) is 0 Å². The van der Waals surface area contributed by atoms with Crippen LogP contribution in [0.25, 0.3) is 0 Å². The van der Waals surface area contributed by atoms with Crippen LogP contribution in [0.4, 0.5) is 0 Å². The molecule has 0 fully saturated rings. The first kappa shape index (κ1) is 13.4. The molecule has 1 aromatic rings. The fraction of sp³-hybridized carbons (Fsp3) is 0.500. The summed E-state index contributed by atoms with van der Waals surface area (Å²) in [6.07, 6.45) is 0. The van der Waals surface area contributed by atoms with E-state index in [0.717, 1.165) is 5.75 Å². The number of carbonyl (C=O) groups is 1. The van der Waals surface area contributed by atoms with E-state index in [1.54, 1.807) is 0 Å². The van der Waals surface area contributed by atoms with Crippen molar-refractivity contribution in [3.8, 4) is 0 Å². The number of carbonyl (C=O) groups excluding carboxylic acids is 1. The van der Waals surface area contributed by atoms with Crippen molar-refractivity contribution < 1.29 is 9.53 Å². The van der Waals surface area contributed by atoms with E-state index in [0.29, 0.717) is 0 Å². The summed E-state index contributed by atoms with van der Waals surface area (Å²) >= 11 is 1.83. The minimum atomic E-state index is -0.416. The Balaban J connectivity index is 1.87. The predicted molar refractivity (Wildman–Crippen MR) is 73.8 cm³/mol. The molecular weight excluding hydrogens is 246 g/mol. The zero-order valence-corrected chi connectivity index (χ0v) is 11.8. The van der Waals surface area contributed by atoms with E-state index in [9.17, 15) is 4.79 Å². The lowest BCUT2D eigenvalue weighted by Gasteiger charge is -2.20. The highest BCUT2D eigenvalue weighted by molar-refractivity contribution is 7.99. The number of benzene rings is 1. The van der Waals surface area contributed by atoms with Crippen LogP contribution in [0.5, 0.6) is 0 Å². The number of hydrogen-bond donors (Lipinski definition) is 1. The van der Waals surface area contributed by atoms with Crippen molar-refractivity contribution >= 4 is 17.7 Å². The second kappa shape index (κ2) is 5.33. The highest BCUT2D eigenvalue weighted by atomic mass is 32.2. The molecule has 0 amide bonds. The molecule has 0 aliphatic carbocycles. The van der Waals surface area contributed by atoms with Gasteiger partial charge in [0.1, 0.15) is 5.60 Å². The van der Waals surface area contributed by atoms with Crippen LogP contribution in [-0.4, -0.2) is 23.9 Å². The zero-order valence-electron chi connectivity index (χ0n) is 11.0. The monoisotopic (exact) mass is 265 g/mol. The fourth-order valence-corrected chi connectivity index (χ4v) is 3.11. The van der Waals surface area contributed by atoms with Crippen LogP contribution in [0.1, 0.15) is 32.4 Å². The molecule has 1 heterocycles. The van der Waals surface area contributed by atoms with Gasteiger partial charge >= 0.3 is 5.97 Å². The molecule has 0 bridgehead atoms. The summed E-state index contributed by atoms with van der Waals surface area (Å²) in [7, 11) is 0. The third-order valence-corrected chi connectivity index (χ3v) is 3.80. The third-order valence-electron chi connectivity index (χ3n) is 2.61. The van der Waals surface area contributed by atoms with E-state index in [2.05, 4.69) is 17.4 Å².